The molecule has 0 atom stereocenters. The van der Waals surface area contributed by atoms with Crippen LogP contribution in [0, 0.1) is 17.6 Å². The Morgan fingerprint density at radius 2 is 1.85 bits per heavy atom. The van der Waals surface area contributed by atoms with Gasteiger partial charge in [0, 0.05) is 22.9 Å². The Morgan fingerprint density at radius 1 is 1.04 bits per heavy atom. The van der Waals surface area contributed by atoms with Crippen molar-refractivity contribution in [2.24, 2.45) is 0 Å². The molecule has 0 radical (unpaired) electrons. The van der Waals surface area contributed by atoms with E-state index >= 15 is 0 Å². The molecule has 2 heterocycles. The molecule has 0 amide bonds. The van der Waals surface area contributed by atoms with Gasteiger partial charge >= 0.3 is 0 Å². The van der Waals surface area contributed by atoms with Crippen molar-refractivity contribution in [2.75, 3.05) is 18.7 Å². The summed E-state index contributed by atoms with van der Waals surface area (Å²) in [6.45, 7) is 0. The number of benzene rings is 1. The second-order valence-electron chi connectivity index (χ2n) is 5.64. The maximum absolute atomic E-state index is 14.3. The third-order valence-electron chi connectivity index (χ3n) is 3.73. The molecule has 27 heavy (non-hydrogen) atoms. The predicted molar refractivity (Wildman–Crippen MR) is 101 cm³/mol. The van der Waals surface area contributed by atoms with E-state index in [-0.39, 0.29) is 22.9 Å². The van der Waals surface area contributed by atoms with E-state index in [9.17, 15) is 13.2 Å². The summed E-state index contributed by atoms with van der Waals surface area (Å²) in [4.78, 5) is 7.76. The van der Waals surface area contributed by atoms with Gasteiger partial charge in [-0.15, -0.1) is 0 Å². The van der Waals surface area contributed by atoms with Crippen LogP contribution in [-0.4, -0.2) is 23.3 Å². The van der Waals surface area contributed by atoms with Gasteiger partial charge in [-0.05, 0) is 42.2 Å². The molecule has 3 rings (SSSR count). The van der Waals surface area contributed by atoms with Crippen LogP contribution in [-0.2, 0) is 5.75 Å². The molecule has 0 fully saturated rings. The number of anilines is 2. The maximum atomic E-state index is 14.3. The SMILES string of the molecule is COc1cc(F)ccc1-c1cc(Nc2cc(CSC)cc(F)n2)ncc1F. The average molecular weight is 391 g/mol. The fourth-order valence-electron chi connectivity index (χ4n) is 2.60. The van der Waals surface area contributed by atoms with Gasteiger partial charge in [0.05, 0.1) is 13.3 Å². The minimum atomic E-state index is -0.619. The van der Waals surface area contributed by atoms with Crippen LogP contribution >= 0.6 is 11.8 Å². The summed E-state index contributed by atoms with van der Waals surface area (Å²) in [5.74, 6) is -0.359. The highest BCUT2D eigenvalue weighted by molar-refractivity contribution is 7.97. The topological polar surface area (TPSA) is 47.0 Å². The number of thioether (sulfide) groups is 1. The Kier molecular flexibility index (Phi) is 5.85. The normalized spacial score (nSPS) is 10.7. The van der Waals surface area contributed by atoms with Crippen LogP contribution in [0.15, 0.2) is 42.6 Å². The molecule has 1 N–H and O–H groups in total. The summed E-state index contributed by atoms with van der Waals surface area (Å²) in [5, 5.41) is 2.88. The molecule has 0 saturated carbocycles. The number of hydrogen-bond donors (Lipinski definition) is 1. The van der Waals surface area contributed by atoms with Crippen LogP contribution in [0.3, 0.4) is 0 Å². The number of aromatic nitrogens is 2. The smallest absolute Gasteiger partial charge is 0.215 e. The number of pyridine rings is 2. The van der Waals surface area contributed by atoms with Crippen molar-refractivity contribution in [3.63, 3.8) is 0 Å². The molecule has 0 unspecified atom stereocenters. The Morgan fingerprint density at radius 3 is 2.59 bits per heavy atom. The summed E-state index contributed by atoms with van der Waals surface area (Å²) in [6, 6.07) is 8.30. The van der Waals surface area contributed by atoms with E-state index in [0.717, 1.165) is 11.8 Å². The molecule has 0 spiro atoms. The molecular weight excluding hydrogens is 375 g/mol. The van der Waals surface area contributed by atoms with Crippen molar-refractivity contribution in [3.8, 4) is 16.9 Å². The van der Waals surface area contributed by atoms with Crippen molar-refractivity contribution < 1.29 is 17.9 Å². The molecule has 0 saturated heterocycles. The monoisotopic (exact) mass is 391 g/mol. The fourth-order valence-corrected chi connectivity index (χ4v) is 3.10. The van der Waals surface area contributed by atoms with Gasteiger partial charge in [0.25, 0.3) is 0 Å². The lowest BCUT2D eigenvalue weighted by Crippen LogP contribution is -2.01. The van der Waals surface area contributed by atoms with Gasteiger partial charge in [0.15, 0.2) is 0 Å². The van der Waals surface area contributed by atoms with Crippen molar-refractivity contribution in [1.29, 1.82) is 0 Å². The Labute approximate surface area is 158 Å². The Bertz CT molecular complexity index is 969. The first kappa shape index (κ1) is 19.0. The van der Waals surface area contributed by atoms with Crippen LogP contribution in [0.25, 0.3) is 11.1 Å². The van der Waals surface area contributed by atoms with E-state index in [1.54, 1.807) is 17.8 Å². The Balaban J connectivity index is 1.97. The Hall–Kier alpha value is -2.74. The van der Waals surface area contributed by atoms with Gasteiger partial charge in [-0.25, -0.2) is 18.7 Å². The van der Waals surface area contributed by atoms with Crippen LogP contribution in [0.4, 0.5) is 24.8 Å². The predicted octanol–water partition coefficient (Wildman–Crippen LogP) is 5.18. The van der Waals surface area contributed by atoms with Gasteiger partial charge in [-0.2, -0.15) is 16.2 Å². The molecular formula is C19H16F3N3OS. The summed E-state index contributed by atoms with van der Waals surface area (Å²) >= 11 is 1.55. The first-order valence-corrected chi connectivity index (χ1v) is 9.31. The number of methoxy groups -OCH3 is 1. The first-order chi connectivity index (χ1) is 13.0. The van der Waals surface area contributed by atoms with E-state index in [0.29, 0.717) is 11.3 Å². The molecule has 2 aromatic heterocycles. The summed E-state index contributed by atoms with van der Waals surface area (Å²) in [5.41, 5.74) is 1.31. The molecule has 0 bridgehead atoms. The zero-order chi connectivity index (χ0) is 19.4. The van der Waals surface area contributed by atoms with E-state index in [4.69, 9.17) is 4.74 Å². The molecule has 140 valence electrons. The van der Waals surface area contributed by atoms with E-state index in [1.165, 1.54) is 37.4 Å². The summed E-state index contributed by atoms with van der Waals surface area (Å²) in [7, 11) is 1.38. The molecule has 0 aliphatic heterocycles. The molecule has 3 aromatic rings. The van der Waals surface area contributed by atoms with E-state index in [1.807, 2.05) is 6.26 Å². The lowest BCUT2D eigenvalue weighted by molar-refractivity contribution is 0.412. The number of nitrogens with zero attached hydrogens (tertiary/aromatic N) is 2. The van der Waals surface area contributed by atoms with Crippen molar-refractivity contribution in [2.45, 2.75) is 5.75 Å². The lowest BCUT2D eigenvalue weighted by atomic mass is 10.0. The minimum absolute atomic E-state index is 0.171. The second-order valence-corrected chi connectivity index (χ2v) is 6.50. The standard InChI is InChI=1S/C19H16F3N3OS/c1-26-16-7-12(20)3-4-13(16)14-8-18(23-9-15(14)21)25-19-6-11(10-27-2)5-17(22)24-19/h3-9H,10H2,1-2H3,(H,23,24,25). The third kappa shape index (κ3) is 4.51. The molecule has 4 nitrogen and oxygen atoms in total. The van der Waals surface area contributed by atoms with Crippen LogP contribution in [0.1, 0.15) is 5.56 Å². The van der Waals surface area contributed by atoms with E-state index < -0.39 is 17.6 Å². The number of rotatable bonds is 6. The summed E-state index contributed by atoms with van der Waals surface area (Å²) < 4.78 is 46.6. The average Bonchev–Trinajstić information content (AvgIpc) is 2.63. The highest BCUT2D eigenvalue weighted by Gasteiger charge is 2.14. The number of hydrogen-bond acceptors (Lipinski definition) is 5. The van der Waals surface area contributed by atoms with Gasteiger partial charge in [0.2, 0.25) is 5.95 Å². The first-order valence-electron chi connectivity index (χ1n) is 7.92. The highest BCUT2D eigenvalue weighted by Crippen LogP contribution is 2.33. The highest BCUT2D eigenvalue weighted by atomic mass is 32.2. The van der Waals surface area contributed by atoms with Crippen LogP contribution in [0.2, 0.25) is 0 Å². The van der Waals surface area contributed by atoms with Gasteiger partial charge in [-0.3, -0.25) is 0 Å². The van der Waals surface area contributed by atoms with Gasteiger partial charge < -0.3 is 10.1 Å². The number of ether oxygens (including phenoxy) is 1. The largest absolute Gasteiger partial charge is 0.496 e. The quantitative estimate of drug-likeness (QED) is 0.587. The third-order valence-corrected chi connectivity index (χ3v) is 4.35. The van der Waals surface area contributed by atoms with Crippen LogP contribution in [0.5, 0.6) is 5.75 Å². The van der Waals surface area contributed by atoms with Crippen molar-refractivity contribution >= 4 is 23.4 Å². The van der Waals surface area contributed by atoms with Gasteiger partial charge in [0.1, 0.15) is 29.0 Å². The molecule has 1 aromatic carbocycles. The number of nitrogens with one attached hydrogen (secondary N) is 1. The zero-order valence-electron chi connectivity index (χ0n) is 14.6. The van der Waals surface area contributed by atoms with E-state index in [2.05, 4.69) is 15.3 Å². The second kappa shape index (κ2) is 8.30. The molecule has 0 aliphatic rings. The fraction of sp³-hybridized carbons (Fsp3) is 0.158. The molecule has 0 aliphatic carbocycles. The zero-order valence-corrected chi connectivity index (χ0v) is 15.4. The van der Waals surface area contributed by atoms with Gasteiger partial charge in [-0.1, -0.05) is 0 Å². The molecule has 8 heteroatoms. The minimum Gasteiger partial charge on any atom is -0.496 e. The summed E-state index contributed by atoms with van der Waals surface area (Å²) in [6.07, 6.45) is 2.94. The van der Waals surface area contributed by atoms with Crippen molar-refractivity contribution in [1.82, 2.24) is 9.97 Å². The number of halogens is 3. The lowest BCUT2D eigenvalue weighted by Gasteiger charge is -2.12. The maximum Gasteiger partial charge on any atom is 0.215 e. The van der Waals surface area contributed by atoms with Crippen molar-refractivity contribution in [3.05, 3.63) is 65.7 Å². The van der Waals surface area contributed by atoms with Crippen LogP contribution < -0.4 is 10.1 Å².